The summed E-state index contributed by atoms with van der Waals surface area (Å²) in [5.41, 5.74) is 1.07. The molecule has 0 aromatic heterocycles. The number of ketones is 1. The average Bonchev–Trinajstić information content (AvgIpc) is 2.49. The summed E-state index contributed by atoms with van der Waals surface area (Å²) in [4.78, 5) is 23.6. The molecule has 2 rings (SSSR count). The molecule has 21 heavy (non-hydrogen) atoms. The summed E-state index contributed by atoms with van der Waals surface area (Å²) in [5.74, 6) is 0.0609. The van der Waals surface area contributed by atoms with Gasteiger partial charge in [-0.1, -0.05) is 17.6 Å². The molecule has 0 spiro atoms. The molecule has 0 N–H and O–H groups in total. The van der Waals surface area contributed by atoms with Crippen LogP contribution in [-0.4, -0.2) is 26.7 Å². The lowest BCUT2D eigenvalue weighted by atomic mass is 9.93. The molecule has 2 radical (unpaired) electrons. The summed E-state index contributed by atoms with van der Waals surface area (Å²) in [5, 5.41) is 0. The molecule has 0 unspecified atom stereocenters. The van der Waals surface area contributed by atoms with Crippen molar-refractivity contribution >= 4 is 25.1 Å². The Morgan fingerprint density at radius 1 is 1.05 bits per heavy atom. The van der Waals surface area contributed by atoms with Crippen LogP contribution in [0.5, 0.6) is 11.5 Å². The molecule has 2 aromatic carbocycles. The molecule has 2 aromatic rings. The number of benzene rings is 2. The molecular formula is C16H13BO4. The smallest absolute Gasteiger partial charge is 0.343 e. The van der Waals surface area contributed by atoms with Gasteiger partial charge in [0.1, 0.15) is 19.3 Å². The van der Waals surface area contributed by atoms with E-state index in [9.17, 15) is 9.59 Å². The molecule has 104 valence electrons. The lowest BCUT2D eigenvalue weighted by molar-refractivity contribution is 0.0733. The normalized spacial score (nSPS) is 10.0. The highest BCUT2D eigenvalue weighted by Crippen LogP contribution is 2.20. The fourth-order valence-electron chi connectivity index (χ4n) is 1.80. The summed E-state index contributed by atoms with van der Waals surface area (Å²) >= 11 is 0. The van der Waals surface area contributed by atoms with Gasteiger partial charge in [-0.3, -0.25) is 4.79 Å². The van der Waals surface area contributed by atoms with E-state index < -0.39 is 5.97 Å². The van der Waals surface area contributed by atoms with Gasteiger partial charge in [-0.05, 0) is 37.3 Å². The predicted octanol–water partition coefficient (Wildman–Crippen LogP) is 1.91. The van der Waals surface area contributed by atoms with Crippen LogP contribution in [0.15, 0.2) is 42.5 Å². The first-order valence-electron chi connectivity index (χ1n) is 6.28. The Bertz CT molecular complexity index is 677. The Hall–Kier alpha value is -2.56. The standard InChI is InChI=1S/C16H13BO4/c1-10(18)14-9-12(17)5-8-15(14)21-16(19)11-3-6-13(20-2)7-4-11/h3-9H,1-2H3. The summed E-state index contributed by atoms with van der Waals surface area (Å²) in [6.45, 7) is 1.39. The van der Waals surface area contributed by atoms with E-state index >= 15 is 0 Å². The van der Waals surface area contributed by atoms with Crippen LogP contribution in [0.25, 0.3) is 0 Å². The first-order valence-corrected chi connectivity index (χ1v) is 6.28. The fraction of sp³-hybridized carbons (Fsp3) is 0.125. The lowest BCUT2D eigenvalue weighted by Crippen LogP contribution is -2.13. The third kappa shape index (κ3) is 3.51. The zero-order valence-corrected chi connectivity index (χ0v) is 11.8. The molecule has 0 heterocycles. The minimum Gasteiger partial charge on any atom is -0.497 e. The van der Waals surface area contributed by atoms with Gasteiger partial charge in [-0.15, -0.1) is 0 Å². The number of methoxy groups -OCH3 is 1. The van der Waals surface area contributed by atoms with E-state index in [0.29, 0.717) is 16.8 Å². The Morgan fingerprint density at radius 2 is 1.71 bits per heavy atom. The second-order valence-corrected chi connectivity index (χ2v) is 4.43. The van der Waals surface area contributed by atoms with Crippen molar-refractivity contribution in [2.45, 2.75) is 6.92 Å². The minimum absolute atomic E-state index is 0.192. The van der Waals surface area contributed by atoms with Gasteiger partial charge in [-0.2, -0.15) is 0 Å². The summed E-state index contributed by atoms with van der Waals surface area (Å²) in [6, 6.07) is 11.1. The van der Waals surface area contributed by atoms with Crippen LogP contribution < -0.4 is 14.9 Å². The van der Waals surface area contributed by atoms with Crippen LogP contribution in [0.1, 0.15) is 27.6 Å². The van der Waals surface area contributed by atoms with Crippen molar-refractivity contribution in [2.24, 2.45) is 0 Å². The second kappa shape index (κ2) is 6.26. The first-order chi connectivity index (χ1) is 10.0. The Balaban J connectivity index is 2.24. The van der Waals surface area contributed by atoms with E-state index in [2.05, 4.69) is 0 Å². The highest BCUT2D eigenvalue weighted by Gasteiger charge is 2.14. The van der Waals surface area contributed by atoms with Crippen LogP contribution in [0, 0.1) is 0 Å². The lowest BCUT2D eigenvalue weighted by Gasteiger charge is -2.09. The predicted molar refractivity (Wildman–Crippen MR) is 79.8 cm³/mol. The molecule has 4 nitrogen and oxygen atoms in total. The molecule has 0 aliphatic carbocycles. The number of carbonyl (C=O) groups is 2. The van der Waals surface area contributed by atoms with E-state index in [1.165, 1.54) is 19.1 Å². The van der Waals surface area contributed by atoms with Gasteiger partial charge in [0.2, 0.25) is 0 Å². The highest BCUT2D eigenvalue weighted by molar-refractivity contribution is 6.32. The fourth-order valence-corrected chi connectivity index (χ4v) is 1.80. The van der Waals surface area contributed by atoms with E-state index in [1.54, 1.807) is 37.4 Å². The molecule has 0 aliphatic heterocycles. The minimum atomic E-state index is -0.551. The first kappa shape index (κ1) is 14.8. The van der Waals surface area contributed by atoms with Crippen molar-refractivity contribution in [2.75, 3.05) is 7.11 Å². The van der Waals surface area contributed by atoms with Gasteiger partial charge < -0.3 is 9.47 Å². The van der Waals surface area contributed by atoms with E-state index in [1.807, 2.05) is 0 Å². The number of esters is 1. The number of rotatable bonds is 4. The van der Waals surface area contributed by atoms with Crippen molar-refractivity contribution in [3.63, 3.8) is 0 Å². The van der Waals surface area contributed by atoms with Gasteiger partial charge in [0.25, 0.3) is 0 Å². The maximum Gasteiger partial charge on any atom is 0.343 e. The van der Waals surface area contributed by atoms with Crippen molar-refractivity contribution in [1.82, 2.24) is 0 Å². The van der Waals surface area contributed by atoms with Gasteiger partial charge >= 0.3 is 5.97 Å². The number of hydrogen-bond acceptors (Lipinski definition) is 4. The number of Topliss-reactive ketones (excluding diaryl/α,β-unsaturated/α-hetero) is 1. The average molecular weight is 280 g/mol. The molecule has 0 fully saturated rings. The zero-order valence-electron chi connectivity index (χ0n) is 11.8. The summed E-state index contributed by atoms with van der Waals surface area (Å²) in [6.07, 6.45) is 0. The Kier molecular flexibility index (Phi) is 4.43. The number of ether oxygens (including phenoxy) is 2. The molecule has 0 bridgehead atoms. The molecule has 0 aliphatic rings. The van der Waals surface area contributed by atoms with Gasteiger partial charge in [0.05, 0.1) is 18.2 Å². The van der Waals surface area contributed by atoms with Crippen molar-refractivity contribution in [3.8, 4) is 11.5 Å². The molecule has 0 saturated heterocycles. The quantitative estimate of drug-likeness (QED) is 0.371. The van der Waals surface area contributed by atoms with Crippen LogP contribution in [0.2, 0.25) is 0 Å². The molecule has 0 atom stereocenters. The summed E-state index contributed by atoms with van der Waals surface area (Å²) < 4.78 is 10.3. The van der Waals surface area contributed by atoms with Gasteiger partial charge in [0.15, 0.2) is 5.78 Å². The second-order valence-electron chi connectivity index (χ2n) is 4.43. The largest absolute Gasteiger partial charge is 0.497 e. The molecule has 0 saturated carbocycles. The maximum atomic E-state index is 12.1. The van der Waals surface area contributed by atoms with Gasteiger partial charge in [0, 0.05) is 0 Å². The van der Waals surface area contributed by atoms with Crippen LogP contribution in [0.4, 0.5) is 0 Å². The van der Waals surface area contributed by atoms with E-state index in [-0.39, 0.29) is 17.1 Å². The third-order valence-corrected chi connectivity index (χ3v) is 2.91. The highest BCUT2D eigenvalue weighted by atomic mass is 16.5. The van der Waals surface area contributed by atoms with Crippen LogP contribution in [0.3, 0.4) is 0 Å². The number of hydrogen-bond donors (Lipinski definition) is 0. The zero-order chi connectivity index (χ0) is 15.4. The Morgan fingerprint density at radius 3 is 2.29 bits per heavy atom. The van der Waals surface area contributed by atoms with Gasteiger partial charge in [-0.25, -0.2) is 4.79 Å². The third-order valence-electron chi connectivity index (χ3n) is 2.91. The summed E-state index contributed by atoms with van der Waals surface area (Å²) in [7, 11) is 7.18. The SMILES string of the molecule is [B]c1ccc(OC(=O)c2ccc(OC)cc2)c(C(C)=O)c1. The Labute approximate surface area is 124 Å². The van der Waals surface area contributed by atoms with Crippen molar-refractivity contribution in [3.05, 3.63) is 53.6 Å². The van der Waals surface area contributed by atoms with Crippen LogP contribution in [-0.2, 0) is 0 Å². The monoisotopic (exact) mass is 280 g/mol. The van der Waals surface area contributed by atoms with Crippen molar-refractivity contribution in [1.29, 1.82) is 0 Å². The maximum absolute atomic E-state index is 12.1. The molecular weight excluding hydrogens is 267 g/mol. The van der Waals surface area contributed by atoms with E-state index in [0.717, 1.165) is 0 Å². The molecule has 0 amide bonds. The topological polar surface area (TPSA) is 52.6 Å². The van der Waals surface area contributed by atoms with E-state index in [4.69, 9.17) is 17.3 Å². The number of carbonyl (C=O) groups excluding carboxylic acids is 2. The molecule has 5 heteroatoms. The van der Waals surface area contributed by atoms with Crippen molar-refractivity contribution < 1.29 is 19.1 Å². The van der Waals surface area contributed by atoms with Crippen LogP contribution >= 0.6 is 0 Å².